The Labute approximate surface area is 380 Å². The number of fused-ring (bicyclic) bond motifs is 2. The zero-order chi connectivity index (χ0) is 42.6. The second kappa shape index (κ2) is 23.2. The molecule has 23 heteroatoms. The Bertz CT molecular complexity index is 2420. The first-order chi connectivity index (χ1) is 28.4. The number of nitrogens with one attached hydrogen (secondary N) is 2. The number of anilines is 1. The zero-order valence-electron chi connectivity index (χ0n) is 31.9. The van der Waals surface area contributed by atoms with Gasteiger partial charge in [0.25, 0.3) is 5.56 Å². The fourth-order valence-corrected chi connectivity index (χ4v) is 6.22. The Morgan fingerprint density at radius 2 is 1.47 bits per heavy atom. The molecule has 325 valence electrons. The number of phenolic OH excluding ortho intramolecular Hbond substituents is 1. The third kappa shape index (κ3) is 12.1. The molecule has 3 heterocycles. The van der Waals surface area contributed by atoms with Crippen LogP contribution in [0.5, 0.6) is 5.75 Å². The van der Waals surface area contributed by atoms with Gasteiger partial charge in [-0.25, -0.2) is 41.0 Å². The molecule has 1 amide bonds. The van der Waals surface area contributed by atoms with Gasteiger partial charge in [-0.2, -0.15) is 0 Å². The van der Waals surface area contributed by atoms with Gasteiger partial charge >= 0.3 is 11.3 Å². The number of aromatic hydroxyl groups is 1. The number of benzene rings is 2. The molecule has 2 aromatic carbocycles. The Morgan fingerprint density at radius 1 is 0.883 bits per heavy atom. The molecule has 0 saturated heterocycles. The summed E-state index contributed by atoms with van der Waals surface area (Å²) < 4.78 is 7.84. The van der Waals surface area contributed by atoms with E-state index < -0.39 is 22.7 Å². The van der Waals surface area contributed by atoms with E-state index in [1.165, 1.54) is 64.9 Å². The summed E-state index contributed by atoms with van der Waals surface area (Å²) >= 11 is 0. The molecule has 5 rings (SSSR count). The predicted molar refractivity (Wildman–Crippen MR) is 194 cm³/mol. The molecule has 0 unspecified atom stereocenters. The summed E-state index contributed by atoms with van der Waals surface area (Å²) in [5.74, 6) is -1.04. The van der Waals surface area contributed by atoms with Crippen LogP contribution in [-0.4, -0.2) is 71.9 Å². The number of H-pyrrole nitrogens is 1. The predicted octanol–water partition coefficient (Wildman–Crippen LogP) is -2.62. The van der Waals surface area contributed by atoms with Crippen LogP contribution < -0.4 is 43.2 Å². The number of phenols is 1. The molecule has 0 saturated carbocycles. The van der Waals surface area contributed by atoms with Crippen molar-refractivity contribution in [2.45, 2.75) is 32.4 Å². The zero-order valence-corrected chi connectivity index (χ0v) is 34.3. The number of aromatic amines is 1. The molecular formula is C37H37EuN7O15-8. The molecular weight excluding hydrogens is 934 g/mol. The van der Waals surface area contributed by atoms with Crippen molar-refractivity contribution in [2.75, 3.05) is 31.5 Å². The van der Waals surface area contributed by atoms with Gasteiger partial charge in [0, 0.05) is 112 Å². The number of amides is 1. The maximum Gasteiger partial charge on any atom is 0.347 e. The number of rotatable bonds is 23. The normalized spacial score (nSPS) is 11.5. The van der Waals surface area contributed by atoms with Crippen LogP contribution in [-0.2, 0) is 58.0 Å². The van der Waals surface area contributed by atoms with Crippen molar-refractivity contribution in [3.63, 3.8) is 0 Å². The smallest absolute Gasteiger partial charge is 0.347 e. The van der Waals surface area contributed by atoms with E-state index in [4.69, 9.17) is 4.42 Å². The summed E-state index contributed by atoms with van der Waals surface area (Å²) in [4.78, 5) is 89.7. The number of nitrogens with zero attached hydrogens (tertiary/aromatic N) is 5. The van der Waals surface area contributed by atoms with Crippen LogP contribution in [0.3, 0.4) is 0 Å². The fraction of sp³-hybridized carbons (Fsp3) is 0.297. The van der Waals surface area contributed by atoms with Crippen molar-refractivity contribution in [3.05, 3.63) is 122 Å². The summed E-state index contributed by atoms with van der Waals surface area (Å²) in [6.07, 6.45) is 0.742. The number of aryl methyl sites for hydroxylation is 2. The third-order valence-corrected chi connectivity index (χ3v) is 9.19. The molecule has 0 fully saturated rings. The van der Waals surface area contributed by atoms with Crippen LogP contribution in [0.15, 0.2) is 55.2 Å². The van der Waals surface area contributed by atoms with Gasteiger partial charge in [-0.3, -0.25) is 23.5 Å². The van der Waals surface area contributed by atoms with Crippen molar-refractivity contribution in [1.29, 1.82) is 0 Å². The quantitative estimate of drug-likeness (QED) is 0.0198. The second-order valence-electron chi connectivity index (χ2n) is 13.1. The van der Waals surface area contributed by atoms with Crippen molar-refractivity contribution in [2.24, 2.45) is 14.1 Å². The van der Waals surface area contributed by atoms with Gasteiger partial charge < -0.3 is 70.2 Å². The van der Waals surface area contributed by atoms with E-state index in [-0.39, 0.29) is 151 Å². The Morgan fingerprint density at radius 3 is 2.05 bits per heavy atom. The van der Waals surface area contributed by atoms with Crippen LogP contribution in [0, 0.1) is 75.8 Å². The van der Waals surface area contributed by atoms with E-state index in [2.05, 4.69) is 34.8 Å². The van der Waals surface area contributed by atoms with E-state index in [9.17, 15) is 50.1 Å². The van der Waals surface area contributed by atoms with Gasteiger partial charge in [-0.15, -0.1) is 26.2 Å². The summed E-state index contributed by atoms with van der Waals surface area (Å²) in [7, 11) is 2.86. The molecule has 0 atom stereocenters. The van der Waals surface area contributed by atoms with E-state index in [1.54, 1.807) is 0 Å². The van der Waals surface area contributed by atoms with Crippen LogP contribution in [0.1, 0.15) is 45.7 Å². The first kappa shape index (κ1) is 48.6. The molecule has 0 aliphatic carbocycles. The molecule has 0 aliphatic heterocycles. The molecule has 3 aromatic heterocycles. The number of carbonyl (C=O) groups excluding carboxylic acids is 2. The molecule has 22 nitrogen and oxygen atoms in total. The minimum Gasteiger partial charge on any atom is -0.759 e. The number of ketones is 1. The summed E-state index contributed by atoms with van der Waals surface area (Å²) in [6, 6.07) is 8.43. The monoisotopic (exact) mass is 972 g/mol. The number of carbonyl (C=O) groups is 2. The summed E-state index contributed by atoms with van der Waals surface area (Å²) in [6.45, 7) is 2.59. The van der Waals surface area contributed by atoms with Crippen LogP contribution in [0.2, 0.25) is 0 Å². The fourth-order valence-electron chi connectivity index (χ4n) is 6.22. The average molecular weight is 972 g/mol. The van der Waals surface area contributed by atoms with Gasteiger partial charge in [0.05, 0.1) is 5.56 Å². The van der Waals surface area contributed by atoms with Crippen LogP contribution >= 0.6 is 0 Å². The molecule has 1 radical (unpaired) electrons. The number of hydrogen-bond acceptors (Lipinski definition) is 18. The van der Waals surface area contributed by atoms with Crippen LogP contribution in [0.25, 0.3) is 22.1 Å². The molecule has 5 aromatic rings. The summed E-state index contributed by atoms with van der Waals surface area (Å²) in [5, 5.41) is 57.1. The number of hydrogen-bond donors (Lipinski definition) is 3. The van der Waals surface area contributed by atoms with Gasteiger partial charge in [0.2, 0.25) is 5.91 Å². The van der Waals surface area contributed by atoms with E-state index in [1.807, 2.05) is 0 Å². The van der Waals surface area contributed by atoms with Crippen molar-refractivity contribution in [1.82, 2.24) is 28.9 Å². The average Bonchev–Trinajstić information content (AvgIpc) is 3.66. The van der Waals surface area contributed by atoms with E-state index in [0.717, 1.165) is 31.0 Å². The Balaban J connectivity index is 0.00000794. The van der Waals surface area contributed by atoms with Crippen molar-refractivity contribution >= 4 is 39.5 Å². The first-order valence-electron chi connectivity index (χ1n) is 17.7. The van der Waals surface area contributed by atoms with E-state index >= 15 is 0 Å². The molecule has 60 heavy (non-hydrogen) atoms. The van der Waals surface area contributed by atoms with Gasteiger partial charge in [-0.1, -0.05) is 0 Å². The number of imidazole rings is 1. The largest absolute Gasteiger partial charge is 0.759 e. The first-order valence-corrected chi connectivity index (χ1v) is 17.7. The van der Waals surface area contributed by atoms with E-state index in [0.29, 0.717) is 24.4 Å². The van der Waals surface area contributed by atoms with Gasteiger partial charge in [-0.05, 0) is 42.8 Å². The Kier molecular flexibility index (Phi) is 18.8. The molecule has 0 bridgehead atoms. The summed E-state index contributed by atoms with van der Waals surface area (Å²) in [5.41, 5.74) is -1.58. The minimum atomic E-state index is -1.05. The van der Waals surface area contributed by atoms with Crippen LogP contribution in [0.4, 0.5) is 5.69 Å². The minimum absolute atomic E-state index is 0. The van der Waals surface area contributed by atoms with Gasteiger partial charge in [0.15, 0.2) is 11.4 Å². The SMILES string of the molecule is Cn1c(=O)c2[nH]c(CCCC(=O)Nc3ccc(C(=O)c4cc5cc(CN(C[CH-]O[O-])C[CH-]O[O-])c(O)c(CN(C[CH-]O[O-])C[CH-]O[O-])c5oc4=O)cc3)nc2n(C)c1=O.[Eu]. The molecule has 0 spiro atoms. The van der Waals surface area contributed by atoms with Gasteiger partial charge in [0.1, 0.15) is 28.2 Å². The maximum absolute atomic E-state index is 13.7. The third-order valence-electron chi connectivity index (χ3n) is 9.19. The van der Waals surface area contributed by atoms with Crippen molar-refractivity contribution in [3.8, 4) is 5.75 Å². The molecule has 3 N–H and O–H groups in total. The second-order valence-corrected chi connectivity index (χ2v) is 13.1. The topological polar surface area (TPSA) is 305 Å². The standard InChI is InChI=1S/C37H41N7O15.Eu/c1-41-34-30(35(48)42(2)37(41)50)39-28(40-34)4-3-5-29(45)38-25-8-6-22(7-9-25)31(46)26-19-23-18-24(20-43(10-14-55-51)11-15-56-52)32(47)27(33(23)59-36(26)49)21-44(12-16-57-53)13-17-58-54;/h6-9,14-19,47,51-54H,3-5,10-13,20-21H2,1-2H3,(H,38,45)(H,39,40);/q-4;/p-4. The maximum atomic E-state index is 13.7. The molecule has 0 aliphatic rings. The number of aromatic nitrogens is 4. The van der Waals surface area contributed by atoms with Crippen molar-refractivity contribution < 1.29 is 109 Å². The Hall–Kier alpha value is -4.08.